The maximum atomic E-state index is 11.3. The topological polar surface area (TPSA) is 58.6 Å². The number of hydrogen-bond donors (Lipinski definition) is 1. The van der Waals surface area contributed by atoms with Gasteiger partial charge in [-0.25, -0.2) is 4.79 Å². The molecule has 1 N–H and O–H groups in total. The summed E-state index contributed by atoms with van der Waals surface area (Å²) in [6, 6.07) is 0.151. The van der Waals surface area contributed by atoms with E-state index >= 15 is 0 Å². The minimum atomic E-state index is -0.398. The quantitative estimate of drug-likeness (QED) is 0.666. The van der Waals surface area contributed by atoms with Gasteiger partial charge >= 0.3 is 12.0 Å². The van der Waals surface area contributed by atoms with Crippen LogP contribution in [-0.2, 0) is 9.53 Å². The Morgan fingerprint density at radius 2 is 2.14 bits per heavy atom. The van der Waals surface area contributed by atoms with E-state index in [1.165, 1.54) is 0 Å². The Balaban J connectivity index is 2.16. The smallest absolute Gasteiger partial charge is 0.325 e. The fourth-order valence-corrected chi connectivity index (χ4v) is 1.11. The van der Waals surface area contributed by atoms with Crippen LogP contribution in [0.2, 0.25) is 0 Å². The Hall–Kier alpha value is -1.26. The maximum absolute atomic E-state index is 11.3. The Labute approximate surface area is 83.4 Å². The lowest BCUT2D eigenvalue weighted by Crippen LogP contribution is -2.41. The molecule has 0 aromatic carbocycles. The summed E-state index contributed by atoms with van der Waals surface area (Å²) < 4.78 is 4.68. The van der Waals surface area contributed by atoms with E-state index in [0.717, 1.165) is 12.8 Å². The molecule has 0 aromatic rings. The van der Waals surface area contributed by atoms with Gasteiger partial charge in [0.1, 0.15) is 6.54 Å². The molecule has 0 heterocycles. The number of carbonyl (C=O) groups excluding carboxylic acids is 2. The molecule has 0 saturated heterocycles. The summed E-state index contributed by atoms with van der Waals surface area (Å²) >= 11 is 0. The lowest BCUT2D eigenvalue weighted by molar-refractivity contribution is -0.141. The van der Waals surface area contributed by atoms with E-state index in [0.29, 0.717) is 12.6 Å². The number of ether oxygens (including phenoxy) is 1. The van der Waals surface area contributed by atoms with E-state index in [9.17, 15) is 9.59 Å². The molecule has 0 aromatic heterocycles. The molecular weight excluding hydrogens is 184 g/mol. The van der Waals surface area contributed by atoms with Crippen LogP contribution in [0.15, 0.2) is 0 Å². The second-order valence-corrected chi connectivity index (χ2v) is 3.31. The fraction of sp³-hybridized carbons (Fsp3) is 0.778. The number of nitrogens with one attached hydrogen (secondary N) is 1. The Morgan fingerprint density at radius 1 is 1.50 bits per heavy atom. The van der Waals surface area contributed by atoms with Crippen molar-refractivity contribution < 1.29 is 14.3 Å². The summed E-state index contributed by atoms with van der Waals surface area (Å²) in [6.45, 7) is 2.02. The van der Waals surface area contributed by atoms with Gasteiger partial charge in [0.2, 0.25) is 0 Å². The number of nitrogens with zero attached hydrogens (tertiary/aromatic N) is 1. The molecule has 0 unspecified atom stereocenters. The summed E-state index contributed by atoms with van der Waals surface area (Å²) in [5.41, 5.74) is 0. The van der Waals surface area contributed by atoms with Gasteiger partial charge < -0.3 is 15.0 Å². The highest BCUT2D eigenvalue weighted by Crippen LogP contribution is 2.24. The van der Waals surface area contributed by atoms with Crippen molar-refractivity contribution in [3.05, 3.63) is 0 Å². The predicted molar refractivity (Wildman–Crippen MR) is 50.8 cm³/mol. The van der Waals surface area contributed by atoms with Gasteiger partial charge in [-0.15, -0.1) is 0 Å². The lowest BCUT2D eigenvalue weighted by Gasteiger charge is -2.16. The number of carbonyl (C=O) groups is 2. The first-order valence-electron chi connectivity index (χ1n) is 4.81. The lowest BCUT2D eigenvalue weighted by atomic mass is 10.5. The molecule has 80 valence electrons. The molecule has 0 bridgehead atoms. The molecule has 0 spiro atoms. The Bertz CT molecular complexity index is 226. The van der Waals surface area contributed by atoms with Crippen molar-refractivity contribution >= 4 is 12.0 Å². The standard InChI is InChI=1S/C9H16N2O3/c1-3-14-8(12)6-10-9(13)11(2)7-4-5-7/h7H,3-6H2,1-2H3,(H,10,13). The summed E-state index contributed by atoms with van der Waals surface area (Å²) in [5.74, 6) is -0.398. The molecule has 1 saturated carbocycles. The van der Waals surface area contributed by atoms with Crippen molar-refractivity contribution in [1.82, 2.24) is 10.2 Å². The molecule has 5 nitrogen and oxygen atoms in total. The molecule has 2 amide bonds. The molecule has 1 fully saturated rings. The van der Waals surface area contributed by atoms with E-state index in [4.69, 9.17) is 0 Å². The monoisotopic (exact) mass is 200 g/mol. The average Bonchev–Trinajstić information content (AvgIpc) is 2.96. The largest absolute Gasteiger partial charge is 0.465 e. The van der Waals surface area contributed by atoms with Gasteiger partial charge in [0, 0.05) is 13.1 Å². The van der Waals surface area contributed by atoms with Crippen molar-refractivity contribution in [3.63, 3.8) is 0 Å². The van der Waals surface area contributed by atoms with Crippen LogP contribution in [0.4, 0.5) is 4.79 Å². The Kier molecular flexibility index (Phi) is 3.73. The van der Waals surface area contributed by atoms with Crippen LogP contribution in [0.5, 0.6) is 0 Å². The highest BCUT2D eigenvalue weighted by Gasteiger charge is 2.29. The van der Waals surface area contributed by atoms with E-state index in [1.54, 1.807) is 18.9 Å². The molecule has 1 aliphatic rings. The first kappa shape index (κ1) is 10.8. The number of rotatable bonds is 4. The van der Waals surface area contributed by atoms with E-state index in [-0.39, 0.29) is 12.6 Å². The molecule has 5 heteroatoms. The van der Waals surface area contributed by atoms with E-state index in [2.05, 4.69) is 10.1 Å². The third-order valence-electron chi connectivity index (χ3n) is 2.10. The first-order chi connectivity index (χ1) is 6.65. The zero-order valence-electron chi connectivity index (χ0n) is 8.58. The second-order valence-electron chi connectivity index (χ2n) is 3.31. The summed E-state index contributed by atoms with van der Waals surface area (Å²) in [4.78, 5) is 23.9. The van der Waals surface area contributed by atoms with Crippen molar-refractivity contribution in [1.29, 1.82) is 0 Å². The zero-order chi connectivity index (χ0) is 10.6. The van der Waals surface area contributed by atoms with Gasteiger partial charge in [0.25, 0.3) is 0 Å². The number of esters is 1. The van der Waals surface area contributed by atoms with Gasteiger partial charge in [-0.2, -0.15) is 0 Å². The van der Waals surface area contributed by atoms with Gasteiger partial charge in [-0.05, 0) is 19.8 Å². The van der Waals surface area contributed by atoms with Crippen molar-refractivity contribution in [2.75, 3.05) is 20.2 Å². The van der Waals surface area contributed by atoms with Crippen LogP contribution >= 0.6 is 0 Å². The maximum Gasteiger partial charge on any atom is 0.325 e. The summed E-state index contributed by atoms with van der Waals surface area (Å²) in [6.07, 6.45) is 2.12. The minimum absolute atomic E-state index is 0.0519. The average molecular weight is 200 g/mol. The highest BCUT2D eigenvalue weighted by atomic mass is 16.5. The fourth-order valence-electron chi connectivity index (χ4n) is 1.11. The zero-order valence-corrected chi connectivity index (χ0v) is 8.58. The van der Waals surface area contributed by atoms with Gasteiger partial charge in [-0.3, -0.25) is 4.79 Å². The van der Waals surface area contributed by atoms with E-state index in [1.807, 2.05) is 0 Å². The molecule has 0 aliphatic heterocycles. The van der Waals surface area contributed by atoms with Crippen LogP contribution in [0.3, 0.4) is 0 Å². The molecule has 1 rings (SSSR count). The van der Waals surface area contributed by atoms with Crippen LogP contribution in [0, 0.1) is 0 Å². The second kappa shape index (κ2) is 4.83. The normalized spacial score (nSPS) is 14.7. The molecule has 0 radical (unpaired) electrons. The van der Waals surface area contributed by atoms with Crippen molar-refractivity contribution in [2.45, 2.75) is 25.8 Å². The minimum Gasteiger partial charge on any atom is -0.465 e. The summed E-state index contributed by atoms with van der Waals surface area (Å²) in [7, 11) is 1.73. The van der Waals surface area contributed by atoms with Crippen LogP contribution < -0.4 is 5.32 Å². The highest BCUT2D eigenvalue weighted by molar-refractivity contribution is 5.81. The van der Waals surface area contributed by atoms with Gasteiger partial charge in [-0.1, -0.05) is 0 Å². The Morgan fingerprint density at radius 3 is 2.64 bits per heavy atom. The number of amides is 2. The van der Waals surface area contributed by atoms with Crippen LogP contribution in [-0.4, -0.2) is 43.1 Å². The van der Waals surface area contributed by atoms with Gasteiger partial charge in [0.15, 0.2) is 0 Å². The van der Waals surface area contributed by atoms with Crippen LogP contribution in [0.25, 0.3) is 0 Å². The van der Waals surface area contributed by atoms with Crippen molar-refractivity contribution in [2.24, 2.45) is 0 Å². The van der Waals surface area contributed by atoms with Gasteiger partial charge in [0.05, 0.1) is 6.61 Å². The summed E-state index contributed by atoms with van der Waals surface area (Å²) in [5, 5.41) is 2.50. The molecule has 14 heavy (non-hydrogen) atoms. The first-order valence-corrected chi connectivity index (χ1v) is 4.81. The molecular formula is C9H16N2O3. The molecule has 1 aliphatic carbocycles. The van der Waals surface area contributed by atoms with Crippen molar-refractivity contribution in [3.8, 4) is 0 Å². The van der Waals surface area contributed by atoms with Crippen LogP contribution in [0.1, 0.15) is 19.8 Å². The number of hydrogen-bond acceptors (Lipinski definition) is 3. The van der Waals surface area contributed by atoms with E-state index < -0.39 is 5.97 Å². The molecule has 0 atom stereocenters. The SMILES string of the molecule is CCOC(=O)CNC(=O)N(C)C1CC1. The third-order valence-corrected chi connectivity index (χ3v) is 2.10. The predicted octanol–water partition coefficient (Wildman–Crippen LogP) is 0.353. The number of urea groups is 1. The third kappa shape index (κ3) is 3.24.